The van der Waals surface area contributed by atoms with Crippen LogP contribution in [-0.2, 0) is 0 Å². The zero-order valence-corrected chi connectivity index (χ0v) is 8.02. The molecule has 1 aromatic heterocycles. The van der Waals surface area contributed by atoms with Crippen LogP contribution in [0, 0.1) is 11.3 Å². The molecule has 1 rings (SSSR count). The van der Waals surface area contributed by atoms with Crippen molar-refractivity contribution in [2.45, 2.75) is 12.5 Å². The summed E-state index contributed by atoms with van der Waals surface area (Å²) in [5.41, 5.74) is 0. The van der Waals surface area contributed by atoms with Gasteiger partial charge in [0.2, 0.25) is 0 Å². The Labute approximate surface area is 77.2 Å². The number of thiophene rings is 1. The molecule has 0 aliphatic rings. The van der Waals surface area contributed by atoms with Crippen molar-refractivity contribution in [2.24, 2.45) is 0 Å². The highest BCUT2D eigenvalue weighted by Gasteiger charge is 2.08. The van der Waals surface area contributed by atoms with E-state index in [9.17, 15) is 5.11 Å². The molecular formula is C7H6BrNOS. The molecule has 0 radical (unpaired) electrons. The van der Waals surface area contributed by atoms with Crippen LogP contribution in [0.1, 0.15) is 17.4 Å². The summed E-state index contributed by atoms with van der Waals surface area (Å²) in [4.78, 5) is 0.832. The van der Waals surface area contributed by atoms with E-state index in [1.165, 1.54) is 11.3 Å². The number of halogens is 1. The Hall–Kier alpha value is -0.370. The molecule has 0 saturated carbocycles. The van der Waals surface area contributed by atoms with Crippen LogP contribution < -0.4 is 0 Å². The standard InChI is InChI=1S/C7H6BrNOS/c8-7-2-1-6(11-7)5(10)3-4-9/h1-2,5,10H,3H2. The molecule has 1 N–H and O–H groups in total. The predicted molar refractivity (Wildman–Crippen MR) is 47.2 cm³/mol. The summed E-state index contributed by atoms with van der Waals surface area (Å²) in [7, 11) is 0. The number of nitriles is 1. The largest absolute Gasteiger partial charge is 0.386 e. The molecular weight excluding hydrogens is 226 g/mol. The van der Waals surface area contributed by atoms with E-state index in [1.54, 1.807) is 0 Å². The monoisotopic (exact) mass is 231 g/mol. The molecule has 0 amide bonds. The summed E-state index contributed by atoms with van der Waals surface area (Å²) in [6.07, 6.45) is -0.469. The van der Waals surface area contributed by atoms with Crippen LogP contribution in [0.4, 0.5) is 0 Å². The lowest BCUT2D eigenvalue weighted by molar-refractivity contribution is 0.187. The van der Waals surface area contributed by atoms with Gasteiger partial charge in [-0.2, -0.15) is 5.26 Å². The summed E-state index contributed by atoms with van der Waals surface area (Å²) >= 11 is 4.73. The third-order valence-corrected chi connectivity index (χ3v) is 2.93. The minimum Gasteiger partial charge on any atom is -0.386 e. The minimum absolute atomic E-state index is 0.160. The SMILES string of the molecule is N#CCC(O)c1ccc(Br)s1. The number of hydrogen-bond acceptors (Lipinski definition) is 3. The maximum Gasteiger partial charge on any atom is 0.101 e. The second-order valence-electron chi connectivity index (χ2n) is 2.02. The Morgan fingerprint density at radius 1 is 1.73 bits per heavy atom. The van der Waals surface area contributed by atoms with E-state index >= 15 is 0 Å². The van der Waals surface area contributed by atoms with Gasteiger partial charge in [-0.3, -0.25) is 0 Å². The maximum atomic E-state index is 9.30. The fourth-order valence-electron chi connectivity index (χ4n) is 0.694. The van der Waals surface area contributed by atoms with E-state index in [0.29, 0.717) is 0 Å². The zero-order valence-electron chi connectivity index (χ0n) is 5.62. The fourth-order valence-corrected chi connectivity index (χ4v) is 2.10. The number of aliphatic hydroxyl groups excluding tert-OH is 1. The normalized spacial score (nSPS) is 12.5. The van der Waals surface area contributed by atoms with Crippen molar-refractivity contribution in [3.63, 3.8) is 0 Å². The van der Waals surface area contributed by atoms with Crippen molar-refractivity contribution < 1.29 is 5.11 Å². The average Bonchev–Trinajstić information content (AvgIpc) is 2.36. The van der Waals surface area contributed by atoms with Crippen LogP contribution in [0.25, 0.3) is 0 Å². The van der Waals surface area contributed by atoms with Gasteiger partial charge in [0, 0.05) is 4.88 Å². The van der Waals surface area contributed by atoms with E-state index in [0.717, 1.165) is 8.66 Å². The number of nitrogens with zero attached hydrogens (tertiary/aromatic N) is 1. The molecule has 1 heterocycles. The van der Waals surface area contributed by atoms with Gasteiger partial charge in [-0.05, 0) is 28.1 Å². The third-order valence-electron chi connectivity index (χ3n) is 1.21. The van der Waals surface area contributed by atoms with E-state index in [4.69, 9.17) is 5.26 Å². The fraction of sp³-hybridized carbons (Fsp3) is 0.286. The van der Waals surface area contributed by atoms with Gasteiger partial charge in [-0.1, -0.05) is 0 Å². The van der Waals surface area contributed by atoms with E-state index in [1.807, 2.05) is 18.2 Å². The molecule has 0 aliphatic carbocycles. The Morgan fingerprint density at radius 3 is 2.91 bits per heavy atom. The molecule has 11 heavy (non-hydrogen) atoms. The van der Waals surface area contributed by atoms with Crippen LogP contribution in [0.2, 0.25) is 0 Å². The van der Waals surface area contributed by atoms with Gasteiger partial charge in [0.05, 0.1) is 16.3 Å². The molecule has 0 bridgehead atoms. The van der Waals surface area contributed by atoms with Gasteiger partial charge in [-0.25, -0.2) is 0 Å². The van der Waals surface area contributed by atoms with Crippen molar-refractivity contribution in [1.82, 2.24) is 0 Å². The molecule has 1 atom stereocenters. The van der Waals surface area contributed by atoms with Crippen molar-refractivity contribution in [3.8, 4) is 6.07 Å². The molecule has 4 heteroatoms. The summed E-state index contributed by atoms with van der Waals surface area (Å²) in [5, 5.41) is 17.6. The highest BCUT2D eigenvalue weighted by atomic mass is 79.9. The average molecular weight is 232 g/mol. The second-order valence-corrected chi connectivity index (χ2v) is 4.51. The quantitative estimate of drug-likeness (QED) is 0.851. The lowest BCUT2D eigenvalue weighted by Gasteiger charge is -1.99. The van der Waals surface area contributed by atoms with Crippen LogP contribution >= 0.6 is 27.3 Å². The lowest BCUT2D eigenvalue weighted by atomic mass is 10.2. The molecule has 0 fully saturated rings. The molecule has 0 spiro atoms. The maximum absolute atomic E-state index is 9.30. The Kier molecular flexibility index (Phi) is 3.06. The van der Waals surface area contributed by atoms with E-state index < -0.39 is 6.10 Å². The van der Waals surface area contributed by atoms with Gasteiger partial charge in [0.1, 0.15) is 6.10 Å². The first-order chi connectivity index (χ1) is 5.24. The van der Waals surface area contributed by atoms with Gasteiger partial charge in [-0.15, -0.1) is 11.3 Å². The summed E-state index contributed by atoms with van der Waals surface area (Å²) < 4.78 is 0.976. The van der Waals surface area contributed by atoms with Crippen molar-refractivity contribution >= 4 is 27.3 Å². The Morgan fingerprint density at radius 2 is 2.45 bits per heavy atom. The molecule has 2 nitrogen and oxygen atoms in total. The molecule has 0 aliphatic heterocycles. The third kappa shape index (κ3) is 2.29. The van der Waals surface area contributed by atoms with Gasteiger partial charge < -0.3 is 5.11 Å². The molecule has 0 saturated heterocycles. The highest BCUT2D eigenvalue weighted by Crippen LogP contribution is 2.28. The van der Waals surface area contributed by atoms with Gasteiger partial charge >= 0.3 is 0 Å². The van der Waals surface area contributed by atoms with Gasteiger partial charge in [0.15, 0.2) is 0 Å². The number of hydrogen-bond donors (Lipinski definition) is 1. The van der Waals surface area contributed by atoms with Crippen LogP contribution in [-0.4, -0.2) is 5.11 Å². The van der Waals surface area contributed by atoms with Crippen LogP contribution in [0.15, 0.2) is 15.9 Å². The first-order valence-electron chi connectivity index (χ1n) is 3.04. The van der Waals surface area contributed by atoms with Gasteiger partial charge in [0.25, 0.3) is 0 Å². The summed E-state index contributed by atoms with van der Waals surface area (Å²) in [6.45, 7) is 0. The van der Waals surface area contributed by atoms with Crippen LogP contribution in [0.3, 0.4) is 0 Å². The Balaban J connectivity index is 2.70. The molecule has 1 unspecified atom stereocenters. The minimum atomic E-state index is -0.628. The Bertz CT molecular complexity index is 278. The molecule has 1 aromatic rings. The van der Waals surface area contributed by atoms with E-state index in [2.05, 4.69) is 15.9 Å². The topological polar surface area (TPSA) is 44.0 Å². The van der Waals surface area contributed by atoms with Crippen molar-refractivity contribution in [2.75, 3.05) is 0 Å². The molecule has 58 valence electrons. The number of rotatable bonds is 2. The van der Waals surface area contributed by atoms with Crippen molar-refractivity contribution in [1.29, 1.82) is 5.26 Å². The highest BCUT2D eigenvalue weighted by molar-refractivity contribution is 9.11. The first-order valence-corrected chi connectivity index (χ1v) is 4.65. The predicted octanol–water partition coefficient (Wildman–Crippen LogP) is 2.46. The van der Waals surface area contributed by atoms with Crippen LogP contribution in [0.5, 0.6) is 0 Å². The molecule has 0 aromatic carbocycles. The van der Waals surface area contributed by atoms with E-state index in [-0.39, 0.29) is 6.42 Å². The van der Waals surface area contributed by atoms with Crippen molar-refractivity contribution in [3.05, 3.63) is 20.8 Å². The number of aliphatic hydroxyl groups is 1. The lowest BCUT2D eigenvalue weighted by Crippen LogP contribution is -1.90. The second kappa shape index (κ2) is 3.86. The summed E-state index contributed by atoms with van der Waals surface area (Å²) in [5.74, 6) is 0. The first kappa shape index (κ1) is 8.72. The zero-order chi connectivity index (χ0) is 8.27. The smallest absolute Gasteiger partial charge is 0.101 e. The summed E-state index contributed by atoms with van der Waals surface area (Å²) in [6, 6.07) is 5.59.